The van der Waals surface area contributed by atoms with Crippen LogP contribution in [0.15, 0.2) is 24.3 Å². The van der Waals surface area contributed by atoms with Crippen LogP contribution in [0.3, 0.4) is 0 Å². The van der Waals surface area contributed by atoms with E-state index in [0.29, 0.717) is 25.9 Å². The fourth-order valence-electron chi connectivity index (χ4n) is 2.55. The molecule has 1 unspecified atom stereocenters. The Hall–Kier alpha value is -1.15. The van der Waals surface area contributed by atoms with Gasteiger partial charge < -0.3 is 11.1 Å². The number of halogens is 1. The highest BCUT2D eigenvalue weighted by atomic mass is 35.5. The molecule has 6 nitrogen and oxygen atoms in total. The van der Waals surface area contributed by atoms with Crippen LogP contribution < -0.4 is 11.1 Å². The number of carbonyl (C=O) groups excluding carboxylic acids is 1. The number of hydrogen-bond acceptors (Lipinski definition) is 4. The topological polar surface area (TPSA) is 92.5 Å². The fourth-order valence-corrected chi connectivity index (χ4v) is 3.42. The fraction of sp³-hybridized carbons (Fsp3) is 0.533. The van der Waals surface area contributed by atoms with E-state index in [-0.39, 0.29) is 24.4 Å². The Labute approximate surface area is 143 Å². The molecule has 0 aliphatic carbocycles. The maximum Gasteiger partial charge on any atom is 0.241 e. The minimum Gasteiger partial charge on any atom is -0.352 e. The van der Waals surface area contributed by atoms with E-state index in [2.05, 4.69) is 5.32 Å². The van der Waals surface area contributed by atoms with Gasteiger partial charge in [0.2, 0.25) is 15.9 Å². The quantitative estimate of drug-likeness (QED) is 0.835. The van der Waals surface area contributed by atoms with E-state index in [4.69, 9.17) is 5.73 Å². The first-order chi connectivity index (χ1) is 10.3. The zero-order valence-corrected chi connectivity index (χ0v) is 15.0. The van der Waals surface area contributed by atoms with Crippen molar-refractivity contribution in [2.24, 2.45) is 5.73 Å². The van der Waals surface area contributed by atoms with Crippen LogP contribution in [0.5, 0.6) is 0 Å². The van der Waals surface area contributed by atoms with E-state index in [1.165, 1.54) is 10.6 Å². The third-order valence-corrected chi connectivity index (χ3v) is 5.29. The summed E-state index contributed by atoms with van der Waals surface area (Å²) < 4.78 is 24.3. The van der Waals surface area contributed by atoms with E-state index in [9.17, 15) is 13.2 Å². The molecule has 2 rings (SSSR count). The van der Waals surface area contributed by atoms with E-state index < -0.39 is 16.1 Å². The summed E-state index contributed by atoms with van der Waals surface area (Å²) in [5, 5.41) is 2.92. The number of nitrogens with one attached hydrogen (secondary N) is 1. The van der Waals surface area contributed by atoms with Crippen LogP contribution in [0.1, 0.15) is 30.0 Å². The number of carbonyl (C=O) groups is 1. The molecule has 1 saturated heterocycles. The van der Waals surface area contributed by atoms with E-state index >= 15 is 0 Å². The van der Waals surface area contributed by atoms with Crippen molar-refractivity contribution in [1.82, 2.24) is 9.62 Å². The summed E-state index contributed by atoms with van der Waals surface area (Å²) in [6.45, 7) is 2.85. The van der Waals surface area contributed by atoms with Gasteiger partial charge >= 0.3 is 0 Å². The van der Waals surface area contributed by atoms with Crippen LogP contribution >= 0.6 is 12.4 Å². The molecule has 0 saturated carbocycles. The van der Waals surface area contributed by atoms with Crippen LogP contribution in [0.25, 0.3) is 0 Å². The molecule has 1 aliphatic rings. The van der Waals surface area contributed by atoms with Gasteiger partial charge in [-0.05, 0) is 25.3 Å². The van der Waals surface area contributed by atoms with Crippen LogP contribution in [-0.2, 0) is 14.8 Å². The molecule has 1 atom stereocenters. The van der Waals surface area contributed by atoms with E-state index in [1.54, 1.807) is 0 Å². The molecule has 0 aromatic heterocycles. The third kappa shape index (κ3) is 5.46. The molecule has 1 heterocycles. The maximum atomic E-state index is 12.2. The van der Waals surface area contributed by atoms with Gasteiger partial charge in [-0.3, -0.25) is 4.79 Å². The lowest BCUT2D eigenvalue weighted by molar-refractivity contribution is -0.123. The van der Waals surface area contributed by atoms with Crippen molar-refractivity contribution in [2.45, 2.75) is 31.8 Å². The van der Waals surface area contributed by atoms with Gasteiger partial charge in [0.25, 0.3) is 0 Å². The average molecular weight is 362 g/mol. The highest BCUT2D eigenvalue weighted by Gasteiger charge is 2.27. The number of sulfonamides is 1. The van der Waals surface area contributed by atoms with Crippen LogP contribution in [0, 0.1) is 6.92 Å². The number of nitrogens with two attached hydrogens (primary N) is 1. The largest absolute Gasteiger partial charge is 0.352 e. The van der Waals surface area contributed by atoms with Crippen molar-refractivity contribution in [3.8, 4) is 0 Å². The summed E-state index contributed by atoms with van der Waals surface area (Å²) in [5.41, 5.74) is 7.87. The molecular weight excluding hydrogens is 338 g/mol. The van der Waals surface area contributed by atoms with Crippen molar-refractivity contribution < 1.29 is 13.2 Å². The molecular formula is C15H24ClN3O3S. The van der Waals surface area contributed by atoms with Crippen molar-refractivity contribution in [2.75, 3.05) is 19.3 Å². The Bertz CT molecular complexity index is 626. The highest BCUT2D eigenvalue weighted by molar-refractivity contribution is 7.88. The minimum absolute atomic E-state index is 0. The van der Waals surface area contributed by atoms with E-state index in [0.717, 1.165) is 11.1 Å². The maximum absolute atomic E-state index is 12.2. The van der Waals surface area contributed by atoms with Crippen LogP contribution in [0.4, 0.5) is 0 Å². The van der Waals surface area contributed by atoms with Gasteiger partial charge in [-0.1, -0.05) is 29.8 Å². The number of piperidine rings is 1. The summed E-state index contributed by atoms with van der Waals surface area (Å²) in [7, 11) is -3.15. The standard InChI is InChI=1S/C15H23N3O3S.ClH/c1-11-3-5-12(6-4-11)14(16)15(19)17-13-7-9-18(10-8-13)22(2,20)21;/h3-6,13-14H,7-10,16H2,1-2H3,(H,17,19);1H. The van der Waals surface area contributed by atoms with Gasteiger partial charge in [-0.25, -0.2) is 12.7 Å². The Morgan fingerprint density at radius 2 is 1.78 bits per heavy atom. The Morgan fingerprint density at radius 3 is 2.26 bits per heavy atom. The molecule has 8 heteroatoms. The molecule has 0 bridgehead atoms. The molecule has 23 heavy (non-hydrogen) atoms. The average Bonchev–Trinajstić information content (AvgIpc) is 2.47. The molecule has 1 aliphatic heterocycles. The molecule has 1 fully saturated rings. The Kier molecular flexibility index (Phi) is 7.01. The summed E-state index contributed by atoms with van der Waals surface area (Å²) in [6.07, 6.45) is 2.43. The SMILES string of the molecule is Cc1ccc(C(N)C(=O)NC2CCN(S(C)(=O)=O)CC2)cc1.Cl. The summed E-state index contributed by atoms with van der Waals surface area (Å²) >= 11 is 0. The summed E-state index contributed by atoms with van der Waals surface area (Å²) in [4.78, 5) is 12.2. The van der Waals surface area contributed by atoms with Crippen molar-refractivity contribution in [1.29, 1.82) is 0 Å². The first-order valence-corrected chi connectivity index (χ1v) is 9.20. The lowest BCUT2D eigenvalue weighted by Gasteiger charge is -2.31. The first-order valence-electron chi connectivity index (χ1n) is 7.35. The number of benzene rings is 1. The van der Waals surface area contributed by atoms with Gasteiger partial charge in [0.15, 0.2) is 0 Å². The predicted molar refractivity (Wildman–Crippen MR) is 92.9 cm³/mol. The van der Waals surface area contributed by atoms with Crippen molar-refractivity contribution in [3.05, 3.63) is 35.4 Å². The molecule has 130 valence electrons. The zero-order valence-electron chi connectivity index (χ0n) is 13.4. The second-order valence-electron chi connectivity index (χ2n) is 5.83. The molecule has 0 radical (unpaired) electrons. The second-order valence-corrected chi connectivity index (χ2v) is 7.82. The normalized spacial score (nSPS) is 18.0. The second kappa shape index (κ2) is 8.10. The van der Waals surface area contributed by atoms with Gasteiger partial charge in [-0.15, -0.1) is 12.4 Å². The number of hydrogen-bond donors (Lipinski definition) is 2. The lowest BCUT2D eigenvalue weighted by Crippen LogP contribution is -2.48. The van der Waals surface area contributed by atoms with Crippen molar-refractivity contribution >= 4 is 28.3 Å². The monoisotopic (exact) mass is 361 g/mol. The molecule has 1 aromatic carbocycles. The molecule has 0 spiro atoms. The predicted octanol–water partition coefficient (Wildman–Crippen LogP) is 0.957. The summed E-state index contributed by atoms with van der Waals surface area (Å²) in [5.74, 6) is -0.221. The molecule has 1 amide bonds. The van der Waals surface area contributed by atoms with Gasteiger partial charge in [-0.2, -0.15) is 0 Å². The third-order valence-electron chi connectivity index (χ3n) is 3.99. The smallest absolute Gasteiger partial charge is 0.241 e. The lowest BCUT2D eigenvalue weighted by atomic mass is 10.0. The first kappa shape index (κ1) is 19.9. The van der Waals surface area contributed by atoms with E-state index in [1.807, 2.05) is 31.2 Å². The highest BCUT2D eigenvalue weighted by Crippen LogP contribution is 2.16. The van der Waals surface area contributed by atoms with Crippen LogP contribution in [-0.4, -0.2) is 44.0 Å². The van der Waals surface area contributed by atoms with Crippen molar-refractivity contribution in [3.63, 3.8) is 0 Å². The minimum atomic E-state index is -3.15. The zero-order chi connectivity index (χ0) is 16.3. The molecule has 1 aromatic rings. The van der Waals surface area contributed by atoms with Gasteiger partial charge in [0.05, 0.1) is 6.26 Å². The van der Waals surface area contributed by atoms with Gasteiger partial charge in [0.1, 0.15) is 6.04 Å². The number of nitrogens with zero attached hydrogens (tertiary/aromatic N) is 1. The Morgan fingerprint density at radius 1 is 1.26 bits per heavy atom. The summed E-state index contributed by atoms with van der Waals surface area (Å²) in [6, 6.07) is 6.83. The molecule has 3 N–H and O–H groups in total. The Balaban J connectivity index is 0.00000264. The van der Waals surface area contributed by atoms with Crippen LogP contribution in [0.2, 0.25) is 0 Å². The van der Waals surface area contributed by atoms with Gasteiger partial charge in [0, 0.05) is 19.1 Å². The number of rotatable bonds is 4. The number of aryl methyl sites for hydroxylation is 1. The number of amides is 1.